The van der Waals surface area contributed by atoms with Crippen molar-refractivity contribution in [1.29, 1.82) is 0 Å². The molecule has 1 heteroatoms. The van der Waals surface area contributed by atoms with Crippen LogP contribution < -0.4 is 4.90 Å². The summed E-state index contributed by atoms with van der Waals surface area (Å²) in [6.45, 7) is 4.77. The molecule has 0 bridgehead atoms. The predicted octanol–water partition coefficient (Wildman–Crippen LogP) is 13.6. The molecule has 8 aromatic carbocycles. The van der Waals surface area contributed by atoms with E-state index in [9.17, 15) is 0 Å². The summed E-state index contributed by atoms with van der Waals surface area (Å²) in [5, 5.41) is 2.66. The van der Waals surface area contributed by atoms with E-state index in [1.54, 1.807) is 0 Å². The minimum atomic E-state index is -0.162. The summed E-state index contributed by atoms with van der Waals surface area (Å²) >= 11 is 0. The molecule has 1 aliphatic carbocycles. The number of hydrogen-bond acceptors (Lipinski definition) is 1. The SMILES string of the molecule is CC1(C)c2cc(-c3ccc(N(c4ccccc4)c4ccccc4)cc3)ccc2-c2c(-c3ccc(-c4ccccc4)cc3)ccc3cccc1c23. The number of nitrogens with zero attached hydrogens (tertiary/aromatic N) is 1. The molecule has 9 rings (SSSR count). The Morgan fingerprint density at radius 3 is 1.52 bits per heavy atom. The van der Waals surface area contributed by atoms with Crippen LogP contribution >= 0.6 is 0 Å². The van der Waals surface area contributed by atoms with Gasteiger partial charge in [0.1, 0.15) is 0 Å². The van der Waals surface area contributed by atoms with Crippen molar-refractivity contribution in [2.45, 2.75) is 19.3 Å². The molecule has 0 saturated heterocycles. The Labute approximate surface area is 294 Å². The minimum Gasteiger partial charge on any atom is -0.311 e. The minimum absolute atomic E-state index is 0.162. The van der Waals surface area contributed by atoms with Gasteiger partial charge in [-0.05, 0) is 109 Å². The van der Waals surface area contributed by atoms with Crippen LogP contribution in [0, 0.1) is 0 Å². The normalized spacial score (nSPS) is 12.8. The number of anilines is 3. The van der Waals surface area contributed by atoms with Crippen LogP contribution in [0.25, 0.3) is 55.3 Å². The molecule has 0 amide bonds. The van der Waals surface area contributed by atoms with Gasteiger partial charge in [0.05, 0.1) is 0 Å². The molecule has 0 aromatic heterocycles. The van der Waals surface area contributed by atoms with Crippen molar-refractivity contribution in [2.24, 2.45) is 0 Å². The van der Waals surface area contributed by atoms with Crippen LogP contribution in [0.5, 0.6) is 0 Å². The zero-order valence-corrected chi connectivity index (χ0v) is 28.3. The fraction of sp³-hybridized carbons (Fsp3) is 0.0612. The third-order valence-electron chi connectivity index (χ3n) is 10.5. The highest BCUT2D eigenvalue weighted by molar-refractivity contribution is 6.09. The molecule has 238 valence electrons. The van der Waals surface area contributed by atoms with Crippen molar-refractivity contribution in [3.63, 3.8) is 0 Å². The van der Waals surface area contributed by atoms with Gasteiger partial charge in [-0.3, -0.25) is 0 Å². The van der Waals surface area contributed by atoms with Gasteiger partial charge in [-0.15, -0.1) is 0 Å². The Hall–Kier alpha value is -6.18. The van der Waals surface area contributed by atoms with Gasteiger partial charge < -0.3 is 4.90 Å². The summed E-state index contributed by atoms with van der Waals surface area (Å²) in [6.07, 6.45) is 0. The van der Waals surface area contributed by atoms with Crippen LogP contribution in [0.15, 0.2) is 188 Å². The highest BCUT2D eigenvalue weighted by atomic mass is 15.1. The van der Waals surface area contributed by atoms with Crippen molar-refractivity contribution in [3.05, 3.63) is 199 Å². The maximum Gasteiger partial charge on any atom is 0.0462 e. The summed E-state index contributed by atoms with van der Waals surface area (Å²) in [5.74, 6) is 0. The largest absolute Gasteiger partial charge is 0.311 e. The van der Waals surface area contributed by atoms with Gasteiger partial charge in [-0.2, -0.15) is 0 Å². The van der Waals surface area contributed by atoms with Crippen LogP contribution in [0.2, 0.25) is 0 Å². The van der Waals surface area contributed by atoms with E-state index in [0.717, 1.165) is 17.1 Å². The first kappa shape index (κ1) is 29.9. The lowest BCUT2D eigenvalue weighted by Gasteiger charge is -2.36. The Kier molecular flexibility index (Phi) is 7.21. The average Bonchev–Trinajstić information content (AvgIpc) is 3.18. The van der Waals surface area contributed by atoms with Gasteiger partial charge in [0.25, 0.3) is 0 Å². The Bertz CT molecular complexity index is 2420. The molecule has 0 N–H and O–H groups in total. The van der Waals surface area contributed by atoms with Crippen molar-refractivity contribution in [1.82, 2.24) is 0 Å². The number of benzene rings is 8. The molecule has 1 nitrogen and oxygen atoms in total. The Morgan fingerprint density at radius 1 is 0.360 bits per heavy atom. The fourth-order valence-corrected chi connectivity index (χ4v) is 7.90. The van der Waals surface area contributed by atoms with Crippen molar-refractivity contribution in [2.75, 3.05) is 4.90 Å². The first-order valence-electron chi connectivity index (χ1n) is 17.4. The van der Waals surface area contributed by atoms with E-state index in [1.165, 1.54) is 66.4 Å². The van der Waals surface area contributed by atoms with E-state index < -0.39 is 0 Å². The maximum atomic E-state index is 2.44. The van der Waals surface area contributed by atoms with Crippen LogP contribution in [0.1, 0.15) is 25.0 Å². The quantitative estimate of drug-likeness (QED) is 0.175. The molecule has 8 aromatic rings. The highest BCUT2D eigenvalue weighted by Crippen LogP contribution is 2.52. The molecule has 0 spiro atoms. The smallest absolute Gasteiger partial charge is 0.0462 e. The van der Waals surface area contributed by atoms with Gasteiger partial charge in [0.15, 0.2) is 0 Å². The van der Waals surface area contributed by atoms with Crippen LogP contribution in [0.3, 0.4) is 0 Å². The molecule has 0 heterocycles. The van der Waals surface area contributed by atoms with Crippen LogP contribution in [-0.4, -0.2) is 0 Å². The molecular formula is C49H37N. The summed E-state index contributed by atoms with van der Waals surface area (Å²) in [4.78, 5) is 2.31. The monoisotopic (exact) mass is 639 g/mol. The lowest BCUT2D eigenvalue weighted by molar-refractivity contribution is 0.645. The molecule has 50 heavy (non-hydrogen) atoms. The van der Waals surface area contributed by atoms with E-state index in [4.69, 9.17) is 0 Å². The molecule has 0 radical (unpaired) electrons. The number of rotatable bonds is 6. The summed E-state index contributed by atoms with van der Waals surface area (Å²) < 4.78 is 0. The number of hydrogen-bond donors (Lipinski definition) is 0. The second-order valence-electron chi connectivity index (χ2n) is 13.8. The number of para-hydroxylation sites is 2. The van der Waals surface area contributed by atoms with E-state index >= 15 is 0 Å². The zero-order chi connectivity index (χ0) is 33.7. The van der Waals surface area contributed by atoms with Gasteiger partial charge in [0.2, 0.25) is 0 Å². The topological polar surface area (TPSA) is 3.24 Å². The predicted molar refractivity (Wildman–Crippen MR) is 213 cm³/mol. The second-order valence-corrected chi connectivity index (χ2v) is 13.8. The van der Waals surface area contributed by atoms with E-state index in [1.807, 2.05) is 0 Å². The third-order valence-corrected chi connectivity index (χ3v) is 10.5. The van der Waals surface area contributed by atoms with E-state index in [0.29, 0.717) is 0 Å². The van der Waals surface area contributed by atoms with Gasteiger partial charge >= 0.3 is 0 Å². The van der Waals surface area contributed by atoms with Gasteiger partial charge in [0, 0.05) is 22.5 Å². The molecule has 0 fully saturated rings. The first-order chi connectivity index (χ1) is 24.6. The van der Waals surface area contributed by atoms with Crippen molar-refractivity contribution < 1.29 is 0 Å². The second kappa shape index (κ2) is 12.1. The summed E-state index contributed by atoms with van der Waals surface area (Å²) in [7, 11) is 0. The average molecular weight is 640 g/mol. The molecule has 0 aliphatic heterocycles. The van der Waals surface area contributed by atoms with E-state index in [2.05, 4.69) is 207 Å². The van der Waals surface area contributed by atoms with Crippen molar-refractivity contribution >= 4 is 27.8 Å². The van der Waals surface area contributed by atoms with E-state index in [-0.39, 0.29) is 5.41 Å². The summed E-state index contributed by atoms with van der Waals surface area (Å²) in [6, 6.07) is 68.4. The molecule has 0 atom stereocenters. The lowest BCUT2D eigenvalue weighted by atomic mass is 9.67. The molecular weight excluding hydrogens is 603 g/mol. The van der Waals surface area contributed by atoms with Gasteiger partial charge in [-0.25, -0.2) is 0 Å². The fourth-order valence-electron chi connectivity index (χ4n) is 7.90. The third kappa shape index (κ3) is 5.02. The number of fused-ring (bicyclic) bond motifs is 2. The van der Waals surface area contributed by atoms with Crippen LogP contribution in [-0.2, 0) is 5.41 Å². The highest BCUT2D eigenvalue weighted by Gasteiger charge is 2.35. The Balaban J connectivity index is 1.14. The lowest BCUT2D eigenvalue weighted by Crippen LogP contribution is -2.24. The Morgan fingerprint density at radius 2 is 0.860 bits per heavy atom. The van der Waals surface area contributed by atoms with Gasteiger partial charge in [-0.1, -0.05) is 159 Å². The van der Waals surface area contributed by atoms with Crippen molar-refractivity contribution in [3.8, 4) is 44.5 Å². The summed E-state index contributed by atoms with van der Waals surface area (Å²) in [5.41, 5.74) is 16.1. The standard InChI is InChI=1S/C49H37N/c1-49(2)45-20-12-15-38-27-31-43(37-23-21-35(22-24-37)34-13-6-3-7-14-34)48(47(38)45)44-32-28-39(33-46(44)49)36-25-29-42(30-26-36)50(40-16-8-4-9-17-40)41-18-10-5-11-19-41/h3-33H,1-2H3. The van der Waals surface area contributed by atoms with Crippen LogP contribution in [0.4, 0.5) is 17.1 Å². The maximum absolute atomic E-state index is 2.44. The first-order valence-corrected chi connectivity index (χ1v) is 17.4. The molecule has 0 saturated carbocycles. The molecule has 1 aliphatic rings. The zero-order valence-electron chi connectivity index (χ0n) is 28.3. The molecule has 0 unspecified atom stereocenters.